The van der Waals surface area contributed by atoms with Crippen LogP contribution in [0, 0.1) is 12.8 Å². The minimum atomic E-state index is 0.353. The van der Waals surface area contributed by atoms with Gasteiger partial charge < -0.3 is 10.1 Å². The van der Waals surface area contributed by atoms with Gasteiger partial charge in [-0.05, 0) is 43.2 Å². The number of nitrogens with one attached hydrogen (secondary N) is 1. The Morgan fingerprint density at radius 2 is 2.31 bits per heavy atom. The highest BCUT2D eigenvalue weighted by atomic mass is 32.1. The summed E-state index contributed by atoms with van der Waals surface area (Å²) >= 11 is 1.85. The monoisotopic (exact) mass is 237 g/mol. The molecule has 1 aliphatic carbocycles. The third-order valence-corrected chi connectivity index (χ3v) is 4.70. The third kappa shape index (κ3) is 2.17. The molecule has 3 heteroatoms. The Bertz CT molecular complexity index is 359. The van der Waals surface area contributed by atoms with Crippen molar-refractivity contribution in [1.82, 2.24) is 5.32 Å². The van der Waals surface area contributed by atoms with Crippen molar-refractivity contribution in [3.05, 3.63) is 21.9 Å². The molecule has 0 radical (unpaired) electrons. The van der Waals surface area contributed by atoms with Crippen LogP contribution in [0.4, 0.5) is 0 Å². The highest BCUT2D eigenvalue weighted by molar-refractivity contribution is 7.10. The molecule has 2 nitrogen and oxygen atoms in total. The zero-order chi connectivity index (χ0) is 11.0. The lowest BCUT2D eigenvalue weighted by Gasteiger charge is -2.18. The van der Waals surface area contributed by atoms with E-state index in [2.05, 4.69) is 23.7 Å². The van der Waals surface area contributed by atoms with Gasteiger partial charge in [0.15, 0.2) is 0 Å². The van der Waals surface area contributed by atoms with Crippen molar-refractivity contribution in [1.29, 1.82) is 0 Å². The molecule has 2 aliphatic rings. The number of aryl methyl sites for hydroxylation is 1. The summed E-state index contributed by atoms with van der Waals surface area (Å²) in [5, 5.41) is 5.81. The first-order valence-corrected chi connectivity index (χ1v) is 7.11. The maximum absolute atomic E-state index is 5.91. The van der Waals surface area contributed by atoms with Gasteiger partial charge in [0.1, 0.15) is 0 Å². The SMILES string of the molecule is Cc1ccsc1C1OCCC1CNC1CC1. The number of rotatable bonds is 4. The second-order valence-corrected chi connectivity index (χ2v) is 5.94. The fourth-order valence-corrected chi connectivity index (χ4v) is 3.48. The summed E-state index contributed by atoms with van der Waals surface area (Å²) in [4.78, 5) is 1.44. The van der Waals surface area contributed by atoms with Crippen LogP contribution in [0.5, 0.6) is 0 Å². The molecule has 1 aliphatic heterocycles. The number of ether oxygens (including phenoxy) is 1. The number of hydrogen-bond acceptors (Lipinski definition) is 3. The Balaban J connectivity index is 1.66. The van der Waals surface area contributed by atoms with Crippen LogP contribution in [0.2, 0.25) is 0 Å². The fraction of sp³-hybridized carbons (Fsp3) is 0.692. The first-order valence-electron chi connectivity index (χ1n) is 6.23. The van der Waals surface area contributed by atoms with E-state index in [0.29, 0.717) is 12.0 Å². The molecule has 2 unspecified atom stereocenters. The topological polar surface area (TPSA) is 21.3 Å². The molecular formula is C13H19NOS. The average Bonchev–Trinajstić information content (AvgIpc) is 2.83. The van der Waals surface area contributed by atoms with Gasteiger partial charge in [-0.2, -0.15) is 0 Å². The summed E-state index contributed by atoms with van der Waals surface area (Å²) in [6, 6.07) is 3.01. The van der Waals surface area contributed by atoms with E-state index >= 15 is 0 Å². The van der Waals surface area contributed by atoms with Crippen LogP contribution in [0.15, 0.2) is 11.4 Å². The molecule has 0 aromatic carbocycles. The maximum Gasteiger partial charge on any atom is 0.0960 e. The van der Waals surface area contributed by atoms with Gasteiger partial charge >= 0.3 is 0 Å². The van der Waals surface area contributed by atoms with Crippen LogP contribution >= 0.6 is 11.3 Å². The van der Waals surface area contributed by atoms with Gasteiger partial charge in [-0.25, -0.2) is 0 Å². The van der Waals surface area contributed by atoms with Gasteiger partial charge in [0.2, 0.25) is 0 Å². The van der Waals surface area contributed by atoms with Gasteiger partial charge in [0.25, 0.3) is 0 Å². The Morgan fingerprint density at radius 1 is 1.44 bits per heavy atom. The molecule has 1 N–H and O–H groups in total. The van der Waals surface area contributed by atoms with Crippen molar-refractivity contribution in [3.8, 4) is 0 Å². The number of hydrogen-bond donors (Lipinski definition) is 1. The zero-order valence-corrected chi connectivity index (χ0v) is 10.6. The van der Waals surface area contributed by atoms with Crippen LogP contribution in [0.25, 0.3) is 0 Å². The van der Waals surface area contributed by atoms with Crippen LogP contribution in [-0.2, 0) is 4.74 Å². The predicted octanol–water partition coefficient (Wildman–Crippen LogP) is 2.89. The molecule has 88 valence electrons. The van der Waals surface area contributed by atoms with Gasteiger partial charge in [-0.3, -0.25) is 0 Å². The predicted molar refractivity (Wildman–Crippen MR) is 66.9 cm³/mol. The summed E-state index contributed by atoms with van der Waals surface area (Å²) in [7, 11) is 0. The first-order chi connectivity index (χ1) is 7.84. The lowest BCUT2D eigenvalue weighted by atomic mass is 9.98. The Hall–Kier alpha value is -0.380. The van der Waals surface area contributed by atoms with Crippen molar-refractivity contribution in [2.75, 3.05) is 13.2 Å². The number of thiophene rings is 1. The second kappa shape index (κ2) is 4.47. The van der Waals surface area contributed by atoms with Crippen LogP contribution in [0.1, 0.15) is 35.8 Å². The van der Waals surface area contributed by atoms with E-state index in [4.69, 9.17) is 4.74 Å². The van der Waals surface area contributed by atoms with Crippen molar-refractivity contribution in [2.24, 2.45) is 5.92 Å². The smallest absolute Gasteiger partial charge is 0.0960 e. The summed E-state index contributed by atoms with van der Waals surface area (Å²) in [6.45, 7) is 4.25. The van der Waals surface area contributed by atoms with E-state index < -0.39 is 0 Å². The minimum Gasteiger partial charge on any atom is -0.372 e. The average molecular weight is 237 g/mol. The van der Waals surface area contributed by atoms with Gasteiger partial charge in [-0.1, -0.05) is 0 Å². The van der Waals surface area contributed by atoms with E-state index in [1.54, 1.807) is 0 Å². The third-order valence-electron chi connectivity index (χ3n) is 3.62. The fourth-order valence-electron chi connectivity index (χ4n) is 2.41. The molecule has 2 atom stereocenters. The summed E-state index contributed by atoms with van der Waals surface area (Å²) < 4.78 is 5.91. The molecule has 0 bridgehead atoms. The van der Waals surface area contributed by atoms with Gasteiger partial charge in [0, 0.05) is 30.0 Å². The molecule has 1 aromatic heterocycles. The highest BCUT2D eigenvalue weighted by Crippen LogP contribution is 2.38. The molecule has 1 saturated carbocycles. The van der Waals surface area contributed by atoms with Crippen LogP contribution in [0.3, 0.4) is 0 Å². The Kier molecular flexibility index (Phi) is 3.01. The molecule has 2 fully saturated rings. The first kappa shape index (κ1) is 10.8. The lowest BCUT2D eigenvalue weighted by Crippen LogP contribution is -2.26. The second-order valence-electron chi connectivity index (χ2n) is 4.99. The molecular weight excluding hydrogens is 218 g/mol. The summed E-state index contributed by atoms with van der Waals surface area (Å²) in [5.41, 5.74) is 1.40. The van der Waals surface area contributed by atoms with Crippen molar-refractivity contribution in [3.63, 3.8) is 0 Å². The van der Waals surface area contributed by atoms with E-state index in [9.17, 15) is 0 Å². The maximum atomic E-state index is 5.91. The quantitative estimate of drug-likeness (QED) is 0.869. The van der Waals surface area contributed by atoms with E-state index in [1.165, 1.54) is 29.7 Å². The minimum absolute atomic E-state index is 0.353. The van der Waals surface area contributed by atoms with Gasteiger partial charge in [-0.15, -0.1) is 11.3 Å². The van der Waals surface area contributed by atoms with Gasteiger partial charge in [0.05, 0.1) is 6.10 Å². The molecule has 1 saturated heterocycles. The van der Waals surface area contributed by atoms with E-state index in [1.807, 2.05) is 11.3 Å². The highest BCUT2D eigenvalue weighted by Gasteiger charge is 2.32. The molecule has 3 rings (SSSR count). The van der Waals surface area contributed by atoms with Crippen LogP contribution in [-0.4, -0.2) is 19.2 Å². The molecule has 0 amide bonds. The van der Waals surface area contributed by atoms with E-state index in [0.717, 1.165) is 19.2 Å². The molecule has 0 spiro atoms. The Labute approximate surface area is 101 Å². The molecule has 1 aromatic rings. The summed E-state index contributed by atoms with van der Waals surface area (Å²) in [6.07, 6.45) is 4.31. The Morgan fingerprint density at radius 3 is 3.00 bits per heavy atom. The standard InChI is InChI=1S/C13H19NOS/c1-9-5-7-16-13(9)12-10(4-6-15-12)8-14-11-2-3-11/h5,7,10-12,14H,2-4,6,8H2,1H3. The van der Waals surface area contributed by atoms with Crippen molar-refractivity contribution >= 4 is 11.3 Å². The molecule has 2 heterocycles. The normalized spacial score (nSPS) is 29.8. The van der Waals surface area contributed by atoms with Crippen molar-refractivity contribution < 1.29 is 4.74 Å². The zero-order valence-electron chi connectivity index (χ0n) is 9.74. The lowest BCUT2D eigenvalue weighted by molar-refractivity contribution is 0.0928. The van der Waals surface area contributed by atoms with Crippen molar-refractivity contribution in [2.45, 2.75) is 38.3 Å². The van der Waals surface area contributed by atoms with E-state index in [-0.39, 0.29) is 0 Å². The molecule has 16 heavy (non-hydrogen) atoms. The largest absolute Gasteiger partial charge is 0.372 e. The van der Waals surface area contributed by atoms with Crippen LogP contribution < -0.4 is 5.32 Å². The summed E-state index contributed by atoms with van der Waals surface area (Å²) in [5.74, 6) is 0.679.